The van der Waals surface area contributed by atoms with E-state index in [9.17, 15) is 9.59 Å². The van der Waals surface area contributed by atoms with Gasteiger partial charge in [0.2, 0.25) is 11.8 Å². The summed E-state index contributed by atoms with van der Waals surface area (Å²) in [5.41, 5.74) is 2.76. The average Bonchev–Trinajstić information content (AvgIpc) is 3.16. The predicted octanol–water partition coefficient (Wildman–Crippen LogP) is 2.50. The zero-order valence-corrected chi connectivity index (χ0v) is 16.0. The van der Waals surface area contributed by atoms with Crippen molar-refractivity contribution in [2.75, 3.05) is 13.7 Å². The smallest absolute Gasteiger partial charge is 0.225 e. The molecule has 0 spiro atoms. The molecule has 0 bridgehead atoms. The summed E-state index contributed by atoms with van der Waals surface area (Å²) >= 11 is 0. The van der Waals surface area contributed by atoms with Gasteiger partial charge in [-0.2, -0.15) is 0 Å². The Morgan fingerprint density at radius 1 is 1.31 bits per heavy atom. The van der Waals surface area contributed by atoms with Gasteiger partial charge < -0.3 is 15.0 Å². The van der Waals surface area contributed by atoms with Crippen LogP contribution in [0.1, 0.15) is 55.3 Å². The first kappa shape index (κ1) is 18.7. The molecule has 1 aliphatic heterocycles. The molecular formula is C20H29N3O3. The highest BCUT2D eigenvalue weighted by atomic mass is 16.5. The molecule has 1 aliphatic carbocycles. The first-order valence-corrected chi connectivity index (χ1v) is 9.57. The van der Waals surface area contributed by atoms with Gasteiger partial charge in [-0.15, -0.1) is 0 Å². The van der Waals surface area contributed by atoms with Crippen LogP contribution in [0.5, 0.6) is 5.75 Å². The van der Waals surface area contributed by atoms with Gasteiger partial charge in [-0.1, -0.05) is 12.8 Å². The number of nitrogens with zero attached hydrogens (tertiary/aromatic N) is 2. The van der Waals surface area contributed by atoms with Crippen molar-refractivity contribution in [3.8, 4) is 5.75 Å². The van der Waals surface area contributed by atoms with Gasteiger partial charge in [0.25, 0.3) is 0 Å². The monoisotopic (exact) mass is 359 g/mol. The van der Waals surface area contributed by atoms with Crippen LogP contribution in [-0.2, 0) is 16.1 Å². The van der Waals surface area contributed by atoms with Crippen LogP contribution in [0.2, 0.25) is 0 Å². The summed E-state index contributed by atoms with van der Waals surface area (Å²) in [7, 11) is 1.65. The quantitative estimate of drug-likeness (QED) is 0.877. The molecule has 1 aromatic rings. The molecule has 1 atom stereocenters. The zero-order chi connectivity index (χ0) is 18.7. The number of aromatic nitrogens is 1. The lowest BCUT2D eigenvalue weighted by Gasteiger charge is -2.36. The molecule has 2 fully saturated rings. The second kappa shape index (κ2) is 8.06. The van der Waals surface area contributed by atoms with Gasteiger partial charge in [0, 0.05) is 36.3 Å². The Hall–Kier alpha value is -2.11. The standard InChI is InChI=1S/C20H29N3O3/c1-13-10-21-17(14(2)19(13)26-3)11-22-20(25)15-8-9-18(24)23(12-15)16-6-4-5-7-16/h10,15-16H,4-9,11-12H2,1-3H3,(H,22,25)/t15-/m0/s1. The maximum atomic E-state index is 12.7. The molecule has 2 aliphatic rings. The van der Waals surface area contributed by atoms with Crippen LogP contribution in [0.4, 0.5) is 0 Å². The molecule has 26 heavy (non-hydrogen) atoms. The topological polar surface area (TPSA) is 71.5 Å². The van der Waals surface area contributed by atoms with Crippen LogP contribution in [0.3, 0.4) is 0 Å². The van der Waals surface area contributed by atoms with Crippen molar-refractivity contribution in [3.05, 3.63) is 23.0 Å². The summed E-state index contributed by atoms with van der Waals surface area (Å²) < 4.78 is 5.43. The number of hydrogen-bond acceptors (Lipinski definition) is 4. The molecule has 0 unspecified atom stereocenters. The number of methoxy groups -OCH3 is 1. The van der Waals surface area contributed by atoms with E-state index in [1.807, 2.05) is 18.7 Å². The number of likely N-dealkylation sites (tertiary alicyclic amines) is 1. The molecular weight excluding hydrogens is 330 g/mol. The number of ether oxygens (including phenoxy) is 1. The fourth-order valence-corrected chi connectivity index (χ4v) is 4.22. The first-order chi connectivity index (χ1) is 12.5. The number of carbonyl (C=O) groups excluding carboxylic acids is 2. The van der Waals surface area contributed by atoms with E-state index in [4.69, 9.17) is 4.74 Å². The molecule has 1 saturated heterocycles. The Morgan fingerprint density at radius 2 is 2.04 bits per heavy atom. The largest absolute Gasteiger partial charge is 0.496 e. The Bertz CT molecular complexity index is 683. The van der Waals surface area contributed by atoms with Crippen LogP contribution < -0.4 is 10.1 Å². The van der Waals surface area contributed by atoms with Crippen LogP contribution in [-0.4, -0.2) is 41.4 Å². The number of pyridine rings is 1. The average molecular weight is 359 g/mol. The van der Waals surface area contributed by atoms with Crippen molar-refractivity contribution >= 4 is 11.8 Å². The van der Waals surface area contributed by atoms with E-state index >= 15 is 0 Å². The molecule has 2 amide bonds. The van der Waals surface area contributed by atoms with Crippen LogP contribution >= 0.6 is 0 Å². The Labute approximate surface area is 155 Å². The lowest BCUT2D eigenvalue weighted by molar-refractivity contribution is -0.140. The molecule has 1 saturated carbocycles. The van der Waals surface area contributed by atoms with Crippen molar-refractivity contribution in [2.45, 2.75) is 65.0 Å². The van der Waals surface area contributed by atoms with E-state index < -0.39 is 0 Å². The number of carbonyl (C=O) groups is 2. The summed E-state index contributed by atoms with van der Waals surface area (Å²) in [6, 6.07) is 0.336. The third kappa shape index (κ3) is 3.84. The molecule has 0 aromatic carbocycles. The highest BCUT2D eigenvalue weighted by Crippen LogP contribution is 2.29. The SMILES string of the molecule is COc1c(C)cnc(CNC(=O)[C@H]2CCC(=O)N(C3CCCC3)C2)c1C. The highest BCUT2D eigenvalue weighted by molar-refractivity contribution is 5.84. The summed E-state index contributed by atoms with van der Waals surface area (Å²) in [5.74, 6) is 0.920. The lowest BCUT2D eigenvalue weighted by atomic mass is 9.94. The Kier molecular flexibility index (Phi) is 5.79. The summed E-state index contributed by atoms with van der Waals surface area (Å²) in [6.45, 7) is 4.85. The van der Waals surface area contributed by atoms with Crippen LogP contribution in [0, 0.1) is 19.8 Å². The van der Waals surface area contributed by atoms with Crippen LogP contribution in [0.25, 0.3) is 0 Å². The minimum Gasteiger partial charge on any atom is -0.496 e. The molecule has 1 aromatic heterocycles. The zero-order valence-electron chi connectivity index (χ0n) is 16.0. The number of piperidine rings is 1. The van der Waals surface area contributed by atoms with E-state index in [1.165, 1.54) is 12.8 Å². The van der Waals surface area contributed by atoms with Gasteiger partial charge in [-0.3, -0.25) is 14.6 Å². The normalized spacial score (nSPS) is 21.1. The van der Waals surface area contributed by atoms with Gasteiger partial charge >= 0.3 is 0 Å². The van der Waals surface area contributed by atoms with Crippen molar-refractivity contribution in [2.24, 2.45) is 5.92 Å². The van der Waals surface area contributed by atoms with Gasteiger partial charge in [0.15, 0.2) is 0 Å². The second-order valence-corrected chi connectivity index (χ2v) is 7.48. The van der Waals surface area contributed by atoms with Gasteiger partial charge in [-0.05, 0) is 33.1 Å². The number of nitrogens with one attached hydrogen (secondary N) is 1. The molecule has 0 radical (unpaired) electrons. The highest BCUT2D eigenvalue weighted by Gasteiger charge is 2.35. The summed E-state index contributed by atoms with van der Waals surface area (Å²) in [5, 5.41) is 3.01. The molecule has 1 N–H and O–H groups in total. The fraction of sp³-hybridized carbons (Fsp3) is 0.650. The molecule has 142 valence electrons. The van der Waals surface area contributed by atoms with Gasteiger partial charge in [-0.25, -0.2) is 0 Å². The third-order valence-corrected chi connectivity index (χ3v) is 5.76. The molecule has 2 heterocycles. The predicted molar refractivity (Wildman–Crippen MR) is 98.8 cm³/mol. The van der Waals surface area contributed by atoms with E-state index in [-0.39, 0.29) is 17.7 Å². The molecule has 3 rings (SSSR count). The minimum atomic E-state index is -0.124. The first-order valence-electron chi connectivity index (χ1n) is 9.57. The number of aryl methyl sites for hydroxylation is 1. The summed E-state index contributed by atoms with van der Waals surface area (Å²) in [6.07, 6.45) is 7.41. The van der Waals surface area contributed by atoms with E-state index in [1.54, 1.807) is 13.3 Å². The van der Waals surface area contributed by atoms with Crippen molar-refractivity contribution < 1.29 is 14.3 Å². The molecule has 6 heteroatoms. The maximum absolute atomic E-state index is 12.7. The van der Waals surface area contributed by atoms with E-state index in [0.29, 0.717) is 32.0 Å². The second-order valence-electron chi connectivity index (χ2n) is 7.48. The number of amides is 2. The van der Waals surface area contributed by atoms with E-state index in [0.717, 1.165) is 35.4 Å². The number of hydrogen-bond donors (Lipinski definition) is 1. The Morgan fingerprint density at radius 3 is 2.73 bits per heavy atom. The maximum Gasteiger partial charge on any atom is 0.225 e. The molecule has 6 nitrogen and oxygen atoms in total. The van der Waals surface area contributed by atoms with Crippen molar-refractivity contribution in [3.63, 3.8) is 0 Å². The van der Waals surface area contributed by atoms with Crippen molar-refractivity contribution in [1.82, 2.24) is 15.2 Å². The van der Waals surface area contributed by atoms with Gasteiger partial charge in [0.1, 0.15) is 5.75 Å². The number of rotatable bonds is 5. The lowest BCUT2D eigenvalue weighted by Crippen LogP contribution is -2.49. The third-order valence-electron chi connectivity index (χ3n) is 5.76. The van der Waals surface area contributed by atoms with Crippen molar-refractivity contribution in [1.29, 1.82) is 0 Å². The fourth-order valence-electron chi connectivity index (χ4n) is 4.22. The van der Waals surface area contributed by atoms with E-state index in [2.05, 4.69) is 10.3 Å². The Balaban J connectivity index is 1.60. The van der Waals surface area contributed by atoms with Gasteiger partial charge in [0.05, 0.1) is 25.3 Å². The van der Waals surface area contributed by atoms with Crippen LogP contribution in [0.15, 0.2) is 6.20 Å². The minimum absolute atomic E-state index is 0.0150. The summed E-state index contributed by atoms with van der Waals surface area (Å²) in [4.78, 5) is 31.3.